The van der Waals surface area contributed by atoms with Crippen LogP contribution < -0.4 is 0 Å². The first kappa shape index (κ1) is 17.2. The van der Waals surface area contributed by atoms with Crippen molar-refractivity contribution >= 4 is 17.0 Å². The van der Waals surface area contributed by atoms with Crippen LogP contribution in [-0.4, -0.2) is 37.6 Å². The third kappa shape index (κ3) is 2.92. The molecule has 0 bridgehead atoms. The number of hydrogen-bond donors (Lipinski definition) is 2. The fourth-order valence-electron chi connectivity index (χ4n) is 3.87. The number of carboxylic acids is 1. The minimum atomic E-state index is -0.988. The van der Waals surface area contributed by atoms with Crippen molar-refractivity contribution in [2.75, 3.05) is 6.61 Å². The molecular formula is C21H21N3O4. The smallest absolute Gasteiger partial charge is 0.336 e. The van der Waals surface area contributed by atoms with E-state index in [9.17, 15) is 15.0 Å². The Bertz CT molecular complexity index is 1050. The molecule has 0 amide bonds. The number of nitrogens with zero attached hydrogens (tertiary/aromatic N) is 3. The van der Waals surface area contributed by atoms with Gasteiger partial charge in [-0.25, -0.2) is 14.5 Å². The summed E-state index contributed by atoms with van der Waals surface area (Å²) in [4.78, 5) is 16.9. The first-order chi connectivity index (χ1) is 13.6. The molecule has 1 aromatic carbocycles. The Morgan fingerprint density at radius 2 is 1.93 bits per heavy atom. The molecular weight excluding hydrogens is 358 g/mol. The molecule has 7 heteroatoms. The number of aromatic hydroxyl groups is 1. The number of pyridine rings is 1. The normalized spacial score (nSPS) is 19.8. The standard InChI is InChI=1S/C21H21N3O4/c25-14-8-6-12(7-9-14)16-11-15(21(26)27)18-19(13-4-5-13)23-24(20(18)22-16)17-3-1-2-10-28-17/h6-9,11,13,17,25H,1-5,10H2,(H,26,27). The molecule has 1 aliphatic carbocycles. The van der Waals surface area contributed by atoms with Gasteiger partial charge < -0.3 is 14.9 Å². The zero-order chi connectivity index (χ0) is 19.3. The number of rotatable bonds is 4. The van der Waals surface area contributed by atoms with Gasteiger partial charge in [0, 0.05) is 18.1 Å². The van der Waals surface area contributed by atoms with Gasteiger partial charge in [-0.05, 0) is 62.4 Å². The molecule has 3 heterocycles. The van der Waals surface area contributed by atoms with E-state index in [-0.39, 0.29) is 17.5 Å². The lowest BCUT2D eigenvalue weighted by atomic mass is 10.0. The summed E-state index contributed by atoms with van der Waals surface area (Å²) >= 11 is 0. The van der Waals surface area contributed by atoms with Crippen LogP contribution in [0.1, 0.15) is 60.3 Å². The van der Waals surface area contributed by atoms with E-state index in [4.69, 9.17) is 14.8 Å². The van der Waals surface area contributed by atoms with Crippen LogP contribution in [0, 0.1) is 0 Å². The second-order valence-electron chi connectivity index (χ2n) is 7.53. The van der Waals surface area contributed by atoms with Crippen LogP contribution in [0.5, 0.6) is 5.75 Å². The lowest BCUT2D eigenvalue weighted by Gasteiger charge is -2.23. The zero-order valence-electron chi connectivity index (χ0n) is 15.3. The van der Waals surface area contributed by atoms with Crippen LogP contribution in [0.2, 0.25) is 0 Å². The van der Waals surface area contributed by atoms with E-state index in [2.05, 4.69) is 0 Å². The van der Waals surface area contributed by atoms with Gasteiger partial charge in [0.25, 0.3) is 0 Å². The summed E-state index contributed by atoms with van der Waals surface area (Å²) in [5.74, 6) is -0.537. The minimum Gasteiger partial charge on any atom is -0.508 e. The molecule has 1 aliphatic heterocycles. The Morgan fingerprint density at radius 1 is 1.14 bits per heavy atom. The highest BCUT2D eigenvalue weighted by Gasteiger charge is 2.34. The molecule has 2 aliphatic rings. The highest BCUT2D eigenvalue weighted by Crippen LogP contribution is 2.44. The number of carbonyl (C=O) groups is 1. The summed E-state index contributed by atoms with van der Waals surface area (Å²) in [6.45, 7) is 0.675. The number of phenols is 1. The lowest BCUT2D eigenvalue weighted by Crippen LogP contribution is -2.19. The van der Waals surface area contributed by atoms with Crippen molar-refractivity contribution < 1.29 is 19.7 Å². The SMILES string of the molecule is O=C(O)c1cc(-c2ccc(O)cc2)nc2c1c(C1CC1)nn2C1CCCCO1. The average molecular weight is 379 g/mol. The van der Waals surface area contributed by atoms with Gasteiger partial charge in [-0.15, -0.1) is 0 Å². The summed E-state index contributed by atoms with van der Waals surface area (Å²) in [5.41, 5.74) is 2.90. The highest BCUT2D eigenvalue weighted by atomic mass is 16.5. The first-order valence-corrected chi connectivity index (χ1v) is 9.69. The number of ether oxygens (including phenoxy) is 1. The minimum absolute atomic E-state index is 0.153. The van der Waals surface area contributed by atoms with Crippen molar-refractivity contribution in [1.29, 1.82) is 0 Å². The van der Waals surface area contributed by atoms with Crippen LogP contribution in [0.4, 0.5) is 0 Å². The van der Waals surface area contributed by atoms with E-state index < -0.39 is 5.97 Å². The third-order valence-corrected chi connectivity index (χ3v) is 5.47. The topological polar surface area (TPSA) is 97.5 Å². The predicted octanol–water partition coefficient (Wildman–Crippen LogP) is 4.08. The maximum Gasteiger partial charge on any atom is 0.336 e. The van der Waals surface area contributed by atoms with Gasteiger partial charge in [0.05, 0.1) is 22.3 Å². The van der Waals surface area contributed by atoms with Crippen LogP contribution >= 0.6 is 0 Å². The summed E-state index contributed by atoms with van der Waals surface area (Å²) in [6.07, 6.45) is 4.75. The van der Waals surface area contributed by atoms with Crippen LogP contribution in [0.15, 0.2) is 30.3 Å². The first-order valence-electron chi connectivity index (χ1n) is 9.69. The zero-order valence-corrected chi connectivity index (χ0v) is 15.3. The molecule has 7 nitrogen and oxygen atoms in total. The summed E-state index contributed by atoms with van der Waals surface area (Å²) in [5, 5.41) is 24.9. The summed E-state index contributed by atoms with van der Waals surface area (Å²) in [7, 11) is 0. The van der Waals surface area contributed by atoms with Crippen molar-refractivity contribution in [2.45, 2.75) is 44.2 Å². The monoisotopic (exact) mass is 379 g/mol. The average Bonchev–Trinajstić information content (AvgIpc) is 3.49. The number of hydrogen-bond acceptors (Lipinski definition) is 5. The molecule has 5 rings (SSSR count). The fourth-order valence-corrected chi connectivity index (χ4v) is 3.87. The third-order valence-electron chi connectivity index (χ3n) is 5.47. The van der Waals surface area contributed by atoms with Crippen LogP contribution in [0.3, 0.4) is 0 Å². The van der Waals surface area contributed by atoms with Gasteiger partial charge in [0.2, 0.25) is 0 Å². The van der Waals surface area contributed by atoms with E-state index in [1.807, 2.05) is 0 Å². The largest absolute Gasteiger partial charge is 0.508 e. The van der Waals surface area contributed by atoms with Gasteiger partial charge in [-0.2, -0.15) is 5.10 Å². The molecule has 2 N–H and O–H groups in total. The van der Waals surface area contributed by atoms with E-state index in [1.54, 1.807) is 35.0 Å². The molecule has 2 aromatic heterocycles. The van der Waals surface area contributed by atoms with Crippen molar-refractivity contribution in [3.05, 3.63) is 41.6 Å². The summed E-state index contributed by atoms with van der Waals surface area (Å²) < 4.78 is 7.72. The van der Waals surface area contributed by atoms with Gasteiger partial charge in [-0.3, -0.25) is 0 Å². The van der Waals surface area contributed by atoms with Gasteiger partial charge >= 0.3 is 5.97 Å². The maximum atomic E-state index is 12.1. The molecule has 1 atom stereocenters. The number of aromatic carboxylic acids is 1. The Balaban J connectivity index is 1.75. The second kappa shape index (κ2) is 6.60. The van der Waals surface area contributed by atoms with Crippen molar-refractivity contribution in [3.63, 3.8) is 0 Å². The van der Waals surface area contributed by atoms with E-state index in [0.717, 1.165) is 43.4 Å². The van der Waals surface area contributed by atoms with Crippen molar-refractivity contribution in [1.82, 2.24) is 14.8 Å². The van der Waals surface area contributed by atoms with Crippen LogP contribution in [0.25, 0.3) is 22.3 Å². The number of aromatic nitrogens is 3. The predicted molar refractivity (Wildman–Crippen MR) is 102 cm³/mol. The number of carboxylic acid groups (broad SMARTS) is 1. The Morgan fingerprint density at radius 3 is 2.57 bits per heavy atom. The van der Waals surface area contributed by atoms with Gasteiger partial charge in [0.15, 0.2) is 11.9 Å². The molecule has 0 spiro atoms. The second-order valence-corrected chi connectivity index (χ2v) is 7.53. The molecule has 1 saturated carbocycles. The molecule has 1 unspecified atom stereocenters. The van der Waals surface area contributed by atoms with Crippen molar-refractivity contribution in [3.8, 4) is 17.0 Å². The molecule has 2 fully saturated rings. The Hall–Kier alpha value is -2.93. The lowest BCUT2D eigenvalue weighted by molar-refractivity contribution is -0.0372. The molecule has 28 heavy (non-hydrogen) atoms. The van der Waals surface area contributed by atoms with E-state index in [0.29, 0.717) is 29.3 Å². The quantitative estimate of drug-likeness (QED) is 0.709. The van der Waals surface area contributed by atoms with Gasteiger partial charge in [-0.1, -0.05) is 0 Å². The molecule has 144 valence electrons. The Kier molecular flexibility index (Phi) is 4.05. The van der Waals surface area contributed by atoms with Crippen LogP contribution in [-0.2, 0) is 4.74 Å². The number of phenolic OH excluding ortho intramolecular Hbond substituents is 1. The van der Waals surface area contributed by atoms with Gasteiger partial charge in [0.1, 0.15) is 5.75 Å². The van der Waals surface area contributed by atoms with E-state index in [1.165, 1.54) is 0 Å². The molecule has 0 radical (unpaired) electrons. The fraction of sp³-hybridized carbons (Fsp3) is 0.381. The molecule has 3 aromatic rings. The highest BCUT2D eigenvalue weighted by molar-refractivity contribution is 6.04. The molecule has 1 saturated heterocycles. The number of benzene rings is 1. The van der Waals surface area contributed by atoms with E-state index >= 15 is 0 Å². The Labute approximate surface area is 161 Å². The maximum absolute atomic E-state index is 12.1. The number of fused-ring (bicyclic) bond motifs is 1. The summed E-state index contributed by atoms with van der Waals surface area (Å²) in [6, 6.07) is 8.21. The van der Waals surface area contributed by atoms with Crippen molar-refractivity contribution in [2.24, 2.45) is 0 Å².